The summed E-state index contributed by atoms with van der Waals surface area (Å²) < 4.78 is 11.5. The lowest BCUT2D eigenvalue weighted by atomic mass is 9.94. The number of benzene rings is 13. The molecule has 0 N–H and O–H groups in total. The SMILES string of the molecule is c1ccc(-c2nc(-c3cccc(-c4cccc5sc6cc7c(-c8cccc(-c9nc(-c%10ccccc%10)nc(-c%10ccc%11c(c%10)sc%10ccccc%10%11)n9)c8)cccc7cc6c45)c3)nc(-c3cccc(-c4cccc5ccc6c7ccccc7oc6c45)c3)n2)cc1. The maximum absolute atomic E-state index is 6.60. The molecule has 414 valence electrons. The molecule has 18 aromatic rings. The van der Waals surface area contributed by atoms with Crippen molar-refractivity contribution in [3.63, 3.8) is 0 Å². The highest BCUT2D eigenvalue weighted by Gasteiger charge is 2.21. The van der Waals surface area contributed by atoms with E-state index in [4.69, 9.17) is 34.3 Å². The summed E-state index contributed by atoms with van der Waals surface area (Å²) in [6.45, 7) is 0. The smallest absolute Gasteiger partial charge is 0.164 e. The molecule has 0 spiro atoms. The van der Waals surface area contributed by atoms with Crippen LogP contribution in [0.1, 0.15) is 0 Å². The fourth-order valence-electron chi connectivity index (χ4n) is 12.9. The highest BCUT2D eigenvalue weighted by Crippen LogP contribution is 2.45. The zero-order valence-electron chi connectivity index (χ0n) is 47.5. The van der Waals surface area contributed by atoms with Crippen LogP contribution in [0.2, 0.25) is 0 Å². The third-order valence-electron chi connectivity index (χ3n) is 17.2. The average Bonchev–Trinajstić information content (AvgIpc) is 1.84. The van der Waals surface area contributed by atoms with Crippen molar-refractivity contribution >= 4 is 107 Å². The van der Waals surface area contributed by atoms with Crippen LogP contribution in [0, 0.1) is 0 Å². The van der Waals surface area contributed by atoms with Gasteiger partial charge in [0.05, 0.1) is 0 Å². The Hall–Kier alpha value is -11.4. The molecule has 13 aromatic carbocycles. The van der Waals surface area contributed by atoms with E-state index in [-0.39, 0.29) is 0 Å². The molecule has 0 amide bonds. The van der Waals surface area contributed by atoms with Crippen LogP contribution >= 0.6 is 22.7 Å². The van der Waals surface area contributed by atoms with E-state index >= 15 is 0 Å². The molecule has 5 heterocycles. The van der Waals surface area contributed by atoms with Gasteiger partial charge in [-0.2, -0.15) is 0 Å². The lowest BCUT2D eigenvalue weighted by Crippen LogP contribution is -2.00. The van der Waals surface area contributed by atoms with E-state index in [0.29, 0.717) is 34.9 Å². The van der Waals surface area contributed by atoms with Gasteiger partial charge in [-0.25, -0.2) is 29.9 Å². The minimum absolute atomic E-state index is 0.591. The Morgan fingerprint density at radius 3 is 1.31 bits per heavy atom. The number of hydrogen-bond acceptors (Lipinski definition) is 9. The van der Waals surface area contributed by atoms with Gasteiger partial charge in [0.2, 0.25) is 0 Å². The van der Waals surface area contributed by atoms with Crippen LogP contribution in [-0.2, 0) is 0 Å². The number of rotatable bonds is 9. The first-order chi connectivity index (χ1) is 44.0. The first kappa shape index (κ1) is 50.9. The molecule has 18 rings (SSSR count). The van der Waals surface area contributed by atoms with E-state index in [1.165, 1.54) is 45.7 Å². The zero-order valence-corrected chi connectivity index (χ0v) is 49.1. The van der Waals surface area contributed by atoms with Crippen molar-refractivity contribution in [2.24, 2.45) is 0 Å². The fraction of sp³-hybridized carbons (Fsp3) is 0. The number of nitrogens with zero attached hydrogens (tertiary/aromatic N) is 6. The molecule has 7 nitrogen and oxygen atoms in total. The number of furan rings is 1. The van der Waals surface area contributed by atoms with Crippen LogP contribution in [0.5, 0.6) is 0 Å². The molecule has 0 saturated carbocycles. The summed E-state index contributed by atoms with van der Waals surface area (Å²) >= 11 is 3.62. The third kappa shape index (κ3) is 8.77. The van der Waals surface area contributed by atoms with Crippen molar-refractivity contribution in [1.29, 1.82) is 0 Å². The van der Waals surface area contributed by atoms with Crippen LogP contribution in [0.4, 0.5) is 0 Å². The first-order valence-corrected chi connectivity index (χ1v) is 31.3. The standard InChI is InChI=1S/C80H46N6OS2/c1-3-17-48(18-4-1)75-81-78(55-27-12-23-51(42-55)59-32-14-21-47-37-40-64-61-29-7-9-34-67(61)87-74(64)72(47)59)85-79(82-75)56-28-13-24-52(43-56)60-33-16-36-69-73(60)66-44-53-25-15-31-58(65(53)46-71(66)89-69)50-22-11-26-54(41-50)77-83-76(49-19-5-2-6-20-49)84-80(86-77)57-38-39-63-62-30-8-10-35-68(62)88-70(63)45-57/h1-46H. The van der Waals surface area contributed by atoms with Crippen molar-refractivity contribution < 1.29 is 4.42 Å². The van der Waals surface area contributed by atoms with Gasteiger partial charge in [0.25, 0.3) is 0 Å². The second-order valence-electron chi connectivity index (χ2n) is 22.5. The van der Waals surface area contributed by atoms with E-state index in [1.807, 2.05) is 59.9 Å². The second kappa shape index (κ2) is 20.7. The largest absolute Gasteiger partial charge is 0.455 e. The van der Waals surface area contributed by atoms with Crippen LogP contribution in [-0.4, -0.2) is 29.9 Å². The summed E-state index contributed by atoms with van der Waals surface area (Å²) in [4.78, 5) is 31.2. The molecule has 5 aromatic heterocycles. The van der Waals surface area contributed by atoms with E-state index in [9.17, 15) is 0 Å². The molecule has 0 aliphatic heterocycles. The van der Waals surface area contributed by atoms with Gasteiger partial charge < -0.3 is 4.42 Å². The first-order valence-electron chi connectivity index (χ1n) is 29.6. The molecule has 0 bridgehead atoms. The van der Waals surface area contributed by atoms with Crippen molar-refractivity contribution in [1.82, 2.24) is 29.9 Å². The van der Waals surface area contributed by atoms with Gasteiger partial charge in [-0.15, -0.1) is 22.7 Å². The Morgan fingerprint density at radius 1 is 0.225 bits per heavy atom. The third-order valence-corrected chi connectivity index (χ3v) is 19.4. The summed E-state index contributed by atoms with van der Waals surface area (Å²) in [5, 5.41) is 11.7. The molecular weight excluding hydrogens is 1130 g/mol. The average molecular weight is 1170 g/mol. The van der Waals surface area contributed by atoms with Gasteiger partial charge in [0.15, 0.2) is 34.9 Å². The Balaban J connectivity index is 0.713. The van der Waals surface area contributed by atoms with Crippen LogP contribution < -0.4 is 0 Å². The molecule has 0 unspecified atom stereocenters. The Morgan fingerprint density at radius 2 is 0.663 bits per heavy atom. The van der Waals surface area contributed by atoms with Gasteiger partial charge in [-0.1, -0.05) is 218 Å². The van der Waals surface area contributed by atoms with Crippen molar-refractivity contribution in [2.75, 3.05) is 0 Å². The van der Waals surface area contributed by atoms with Gasteiger partial charge in [-0.3, -0.25) is 0 Å². The monoisotopic (exact) mass is 1170 g/mol. The predicted molar refractivity (Wildman–Crippen MR) is 370 cm³/mol. The predicted octanol–water partition coefficient (Wildman–Crippen LogP) is 22.0. The van der Waals surface area contributed by atoms with E-state index in [1.54, 1.807) is 11.3 Å². The quantitative estimate of drug-likeness (QED) is 0.142. The van der Waals surface area contributed by atoms with Crippen LogP contribution in [0.25, 0.3) is 186 Å². The minimum atomic E-state index is 0.591. The fourth-order valence-corrected chi connectivity index (χ4v) is 15.2. The lowest BCUT2D eigenvalue weighted by molar-refractivity contribution is 0.673. The van der Waals surface area contributed by atoms with Gasteiger partial charge in [0.1, 0.15) is 11.2 Å². The second-order valence-corrected chi connectivity index (χ2v) is 24.7. The number of thiophene rings is 2. The summed E-state index contributed by atoms with van der Waals surface area (Å²) in [7, 11) is 0. The molecule has 9 heteroatoms. The summed E-state index contributed by atoms with van der Waals surface area (Å²) in [5.41, 5.74) is 13.8. The van der Waals surface area contributed by atoms with Gasteiger partial charge >= 0.3 is 0 Å². The summed E-state index contributed by atoms with van der Waals surface area (Å²) in [6.07, 6.45) is 0. The lowest BCUT2D eigenvalue weighted by Gasteiger charge is -2.12. The normalized spacial score (nSPS) is 11.8. The molecule has 0 radical (unpaired) electrons. The number of para-hydroxylation sites is 1. The molecule has 0 aliphatic carbocycles. The molecule has 0 fully saturated rings. The van der Waals surface area contributed by atoms with Gasteiger partial charge in [0, 0.05) is 89.9 Å². The van der Waals surface area contributed by atoms with Crippen LogP contribution in [0.15, 0.2) is 283 Å². The molecule has 0 saturated heterocycles. The van der Waals surface area contributed by atoms with E-state index in [0.717, 1.165) is 105 Å². The summed E-state index contributed by atoms with van der Waals surface area (Å²) in [6, 6.07) is 98.4. The van der Waals surface area contributed by atoms with Gasteiger partial charge in [-0.05, 0) is 110 Å². The Kier molecular flexibility index (Phi) is 11.8. The highest BCUT2D eigenvalue weighted by molar-refractivity contribution is 7.26. The number of aromatic nitrogens is 6. The Labute approximate surface area is 518 Å². The number of fused-ring (bicyclic) bond motifs is 12. The van der Waals surface area contributed by atoms with Crippen molar-refractivity contribution in [3.05, 3.63) is 279 Å². The summed E-state index contributed by atoms with van der Waals surface area (Å²) in [5.74, 6) is 3.69. The Bertz CT molecular complexity index is 5890. The molecular formula is C80H46N6OS2. The number of hydrogen-bond donors (Lipinski definition) is 0. The van der Waals surface area contributed by atoms with Crippen LogP contribution in [0.3, 0.4) is 0 Å². The maximum atomic E-state index is 6.60. The topological polar surface area (TPSA) is 90.5 Å². The van der Waals surface area contributed by atoms with E-state index < -0.39 is 0 Å². The highest BCUT2D eigenvalue weighted by atomic mass is 32.1. The van der Waals surface area contributed by atoms with Crippen molar-refractivity contribution in [2.45, 2.75) is 0 Å². The van der Waals surface area contributed by atoms with Crippen molar-refractivity contribution in [3.8, 4) is 102 Å². The molecule has 0 aliphatic rings. The van der Waals surface area contributed by atoms with E-state index in [2.05, 4.69) is 231 Å². The maximum Gasteiger partial charge on any atom is 0.164 e. The zero-order chi connectivity index (χ0) is 58.5. The minimum Gasteiger partial charge on any atom is -0.455 e. The molecule has 89 heavy (non-hydrogen) atoms. The molecule has 0 atom stereocenters.